The van der Waals surface area contributed by atoms with Gasteiger partial charge >= 0.3 is 37.9 Å². The molecule has 0 unspecified atom stereocenters. The quantitative estimate of drug-likeness (QED) is 0.124. The van der Waals surface area contributed by atoms with Crippen molar-refractivity contribution in [3.63, 3.8) is 0 Å². The van der Waals surface area contributed by atoms with Crippen LogP contribution >= 0.6 is 17.0 Å². The van der Waals surface area contributed by atoms with Gasteiger partial charge in [-0.25, -0.2) is 0 Å². The van der Waals surface area contributed by atoms with Gasteiger partial charge in [0, 0.05) is 9.52 Å². The second-order valence-corrected chi connectivity index (χ2v) is 15.7. The van der Waals surface area contributed by atoms with Gasteiger partial charge in [-0.15, -0.1) is 68.6 Å². The molecular formula is C39H42Cl2SiZr. The summed E-state index contributed by atoms with van der Waals surface area (Å²) in [4.78, 5) is 0. The molecule has 0 bridgehead atoms. The van der Waals surface area contributed by atoms with Crippen LogP contribution in [-0.4, -0.2) is 9.52 Å². The maximum absolute atomic E-state index is 4.93. The fourth-order valence-corrected chi connectivity index (χ4v) is 5.27. The van der Waals surface area contributed by atoms with E-state index in [1.807, 2.05) is 0 Å². The molecule has 0 atom stereocenters. The first-order chi connectivity index (χ1) is 20.9. The summed E-state index contributed by atoms with van der Waals surface area (Å²) in [5.74, 6) is 0.584. The van der Waals surface area contributed by atoms with Crippen LogP contribution in [0.4, 0.5) is 0 Å². The van der Waals surface area contributed by atoms with Crippen molar-refractivity contribution >= 4 is 48.1 Å². The van der Waals surface area contributed by atoms with Crippen LogP contribution < -0.4 is 0 Å². The van der Waals surface area contributed by atoms with Crippen molar-refractivity contribution in [3.8, 4) is 22.3 Å². The predicted octanol–water partition coefficient (Wildman–Crippen LogP) is 13.0. The van der Waals surface area contributed by atoms with Gasteiger partial charge in [0.05, 0.1) is 0 Å². The molecule has 0 aliphatic heterocycles. The van der Waals surface area contributed by atoms with Crippen molar-refractivity contribution in [2.75, 3.05) is 0 Å². The van der Waals surface area contributed by atoms with Crippen LogP contribution in [0.15, 0.2) is 115 Å². The molecule has 0 spiro atoms. The summed E-state index contributed by atoms with van der Waals surface area (Å²) in [5, 5.41) is 5.52. The standard InChI is InChI=1S/C19H19.C18H17.C2H6Si.2ClH.Zr/c1-3-7-15-12-18-14(2)10-11-17(19(18)13-15)16-8-5-4-6-9-16;1-13(2)16-11-15-9-6-10-17(18(15)12-16)14-7-4-3-5-8-14;1-3-2;;;/h4-6,8-13H,3,7H2,1-2H3;3-13H,1-2H3;1-2H3;2*1H;/q2*-1;;;;+4/p-2. The molecule has 0 nitrogen and oxygen atoms in total. The number of halogens is 2. The molecule has 0 fully saturated rings. The summed E-state index contributed by atoms with van der Waals surface area (Å²) in [6.45, 7) is 13.2. The molecule has 0 aliphatic rings. The van der Waals surface area contributed by atoms with E-state index in [-0.39, 0.29) is 0 Å². The van der Waals surface area contributed by atoms with Crippen molar-refractivity contribution in [1.82, 2.24) is 0 Å². The van der Waals surface area contributed by atoms with Gasteiger partial charge in [-0.05, 0) is 23.5 Å². The Hall–Kier alpha value is -2.22. The third-order valence-corrected chi connectivity index (χ3v) is 7.31. The number of rotatable bonds is 5. The molecule has 0 N–H and O–H groups in total. The normalized spacial score (nSPS) is 10.3. The van der Waals surface area contributed by atoms with Gasteiger partial charge in [-0.2, -0.15) is 12.1 Å². The zero-order valence-electron chi connectivity index (χ0n) is 26.2. The molecular weight excluding hydrogens is 659 g/mol. The second-order valence-electron chi connectivity index (χ2n) is 10.9. The summed E-state index contributed by atoms with van der Waals surface area (Å²) in [5.41, 5.74) is 9.54. The Morgan fingerprint density at radius 3 is 1.81 bits per heavy atom. The van der Waals surface area contributed by atoms with Crippen LogP contribution in [0.3, 0.4) is 0 Å². The molecule has 0 aromatic heterocycles. The van der Waals surface area contributed by atoms with Crippen molar-refractivity contribution in [2.45, 2.75) is 59.5 Å². The van der Waals surface area contributed by atoms with Gasteiger partial charge in [-0.1, -0.05) is 131 Å². The molecule has 6 rings (SSSR count). The molecule has 2 radical (unpaired) electrons. The molecule has 0 amide bonds. The van der Waals surface area contributed by atoms with Crippen LogP contribution in [0.2, 0.25) is 13.1 Å². The number of fused-ring (bicyclic) bond motifs is 2. The van der Waals surface area contributed by atoms with E-state index >= 15 is 0 Å². The summed E-state index contributed by atoms with van der Waals surface area (Å²) >= 11 is -0.826. The van der Waals surface area contributed by atoms with E-state index in [0.717, 1.165) is 9.52 Å². The molecule has 0 saturated carbocycles. The zero-order chi connectivity index (χ0) is 31.2. The molecule has 0 heterocycles. The topological polar surface area (TPSA) is 0 Å². The van der Waals surface area contributed by atoms with Crippen LogP contribution in [0.1, 0.15) is 49.8 Å². The Kier molecular flexibility index (Phi) is 15.2. The SMILES string of the molecule is CC(C)c1cc2c(-c3ccccc3)cccc2[cH-]1.CCCc1cc2c(-c3ccccc3)ccc(C)c2[cH-]1.C[Si]C.[Cl][Zr+2][Cl]. The molecule has 6 aromatic carbocycles. The van der Waals surface area contributed by atoms with Crippen LogP contribution in [-0.2, 0) is 27.3 Å². The minimum absolute atomic E-state index is 0.584. The van der Waals surface area contributed by atoms with Gasteiger partial charge in [-0.3, -0.25) is 0 Å². The number of benzene rings is 4. The summed E-state index contributed by atoms with van der Waals surface area (Å²) in [6, 6.07) is 41.7. The first kappa shape index (κ1) is 35.3. The number of hydrogen-bond donors (Lipinski definition) is 0. The maximum atomic E-state index is 4.93. The molecule has 220 valence electrons. The predicted molar refractivity (Wildman–Crippen MR) is 192 cm³/mol. The van der Waals surface area contributed by atoms with Gasteiger partial charge in [0.1, 0.15) is 0 Å². The van der Waals surface area contributed by atoms with Crippen LogP contribution in [0.25, 0.3) is 43.8 Å². The Morgan fingerprint density at radius 1 is 0.721 bits per heavy atom. The Morgan fingerprint density at radius 2 is 1.28 bits per heavy atom. The van der Waals surface area contributed by atoms with Crippen molar-refractivity contribution in [2.24, 2.45) is 0 Å². The van der Waals surface area contributed by atoms with E-state index in [9.17, 15) is 0 Å². The van der Waals surface area contributed by atoms with Crippen molar-refractivity contribution in [1.29, 1.82) is 0 Å². The Balaban J connectivity index is 0.000000200. The fourth-order valence-electron chi connectivity index (χ4n) is 5.27. The summed E-state index contributed by atoms with van der Waals surface area (Å²) < 4.78 is 0. The Labute approximate surface area is 280 Å². The van der Waals surface area contributed by atoms with Gasteiger partial charge in [0.2, 0.25) is 0 Å². The van der Waals surface area contributed by atoms with Crippen molar-refractivity contribution < 1.29 is 20.8 Å². The van der Waals surface area contributed by atoms with E-state index in [1.165, 1.54) is 73.3 Å². The minimum atomic E-state index is -0.826. The van der Waals surface area contributed by atoms with E-state index in [4.69, 9.17) is 17.0 Å². The first-order valence-corrected chi connectivity index (χ1v) is 23.2. The average Bonchev–Trinajstić information content (AvgIpc) is 3.65. The van der Waals surface area contributed by atoms with E-state index in [0.29, 0.717) is 5.92 Å². The number of aryl methyl sites for hydroxylation is 2. The summed E-state index contributed by atoms with van der Waals surface area (Å²) in [6.07, 6.45) is 2.37. The van der Waals surface area contributed by atoms with E-state index in [2.05, 4.69) is 156 Å². The van der Waals surface area contributed by atoms with Crippen molar-refractivity contribution in [3.05, 3.63) is 132 Å². The average molecular weight is 701 g/mol. The van der Waals surface area contributed by atoms with Gasteiger partial charge < -0.3 is 0 Å². The third kappa shape index (κ3) is 9.89. The number of hydrogen-bond acceptors (Lipinski definition) is 0. The second kappa shape index (κ2) is 18.6. The fraction of sp³-hybridized carbons (Fsp3) is 0.231. The Bertz CT molecular complexity index is 1650. The van der Waals surface area contributed by atoms with Crippen LogP contribution in [0.5, 0.6) is 0 Å². The molecule has 0 saturated heterocycles. The molecule has 0 aliphatic carbocycles. The third-order valence-electron chi connectivity index (χ3n) is 7.31. The monoisotopic (exact) mass is 698 g/mol. The molecule has 6 aromatic rings. The first-order valence-electron chi connectivity index (χ1n) is 14.9. The summed E-state index contributed by atoms with van der Waals surface area (Å²) in [7, 11) is 11.0. The molecule has 4 heteroatoms. The van der Waals surface area contributed by atoms with Crippen LogP contribution in [0, 0.1) is 6.92 Å². The zero-order valence-corrected chi connectivity index (χ0v) is 31.2. The molecule has 43 heavy (non-hydrogen) atoms. The van der Waals surface area contributed by atoms with Gasteiger partial charge in [0.25, 0.3) is 0 Å². The van der Waals surface area contributed by atoms with E-state index < -0.39 is 20.8 Å². The van der Waals surface area contributed by atoms with E-state index in [1.54, 1.807) is 0 Å². The van der Waals surface area contributed by atoms with Gasteiger partial charge in [0.15, 0.2) is 0 Å².